The van der Waals surface area contributed by atoms with Crippen LogP contribution >= 0.6 is 0 Å². The van der Waals surface area contributed by atoms with Crippen molar-refractivity contribution in [2.24, 2.45) is 0 Å². The zero-order valence-corrected chi connectivity index (χ0v) is 12.3. The smallest absolute Gasteiger partial charge is 0.313 e. The molecule has 2 rings (SSSR count). The lowest BCUT2D eigenvalue weighted by atomic mass is 10.0. The number of ether oxygens (including phenoxy) is 1. The number of rotatable bonds is 5. The summed E-state index contributed by atoms with van der Waals surface area (Å²) in [5.41, 5.74) is -0.0484. The van der Waals surface area contributed by atoms with E-state index in [9.17, 15) is 14.5 Å². The molecular formula is C14H20FN3O3. The number of hydrogen-bond donors (Lipinski definition) is 1. The highest BCUT2D eigenvalue weighted by atomic mass is 19.1. The van der Waals surface area contributed by atoms with Gasteiger partial charge in [0.2, 0.25) is 0 Å². The second-order valence-corrected chi connectivity index (χ2v) is 5.26. The van der Waals surface area contributed by atoms with E-state index in [4.69, 9.17) is 4.74 Å². The van der Waals surface area contributed by atoms with Crippen LogP contribution in [0.5, 0.6) is 5.75 Å². The molecule has 0 amide bonds. The minimum Gasteiger partial charge on any atom is -0.490 e. The van der Waals surface area contributed by atoms with Crippen LogP contribution in [0.15, 0.2) is 12.1 Å². The van der Waals surface area contributed by atoms with E-state index < -0.39 is 10.7 Å². The topological polar surface area (TPSA) is 67.6 Å². The van der Waals surface area contributed by atoms with Crippen LogP contribution in [0.2, 0.25) is 0 Å². The molecule has 1 aliphatic heterocycles. The maximum Gasteiger partial charge on any atom is 0.313 e. The van der Waals surface area contributed by atoms with Crippen LogP contribution in [-0.4, -0.2) is 38.2 Å². The van der Waals surface area contributed by atoms with Crippen LogP contribution in [0.4, 0.5) is 15.8 Å². The third kappa shape index (κ3) is 3.60. The van der Waals surface area contributed by atoms with Crippen molar-refractivity contribution in [3.8, 4) is 5.75 Å². The van der Waals surface area contributed by atoms with Gasteiger partial charge in [0, 0.05) is 25.7 Å². The molecule has 1 aromatic carbocycles. The number of nitro groups is 1. The van der Waals surface area contributed by atoms with E-state index in [1.54, 1.807) is 11.9 Å². The number of benzene rings is 1. The fraction of sp³-hybridized carbons (Fsp3) is 0.571. The SMILES string of the molecule is COc1cc(N(C)CC2CCCCN2)c(F)cc1[N+](=O)[O-]. The Kier molecular flexibility index (Phi) is 4.95. The molecule has 6 nitrogen and oxygen atoms in total. The van der Waals surface area contributed by atoms with E-state index >= 15 is 0 Å². The molecule has 116 valence electrons. The van der Waals surface area contributed by atoms with Gasteiger partial charge >= 0.3 is 5.69 Å². The van der Waals surface area contributed by atoms with Gasteiger partial charge in [0.15, 0.2) is 11.6 Å². The standard InChI is InChI=1S/C14H20FN3O3/c1-17(9-10-5-3-4-6-16-10)12-8-14(21-2)13(18(19)20)7-11(12)15/h7-8,10,16H,3-6,9H2,1-2H3. The van der Waals surface area contributed by atoms with Crippen LogP contribution in [0, 0.1) is 15.9 Å². The van der Waals surface area contributed by atoms with Crippen LogP contribution in [-0.2, 0) is 0 Å². The average Bonchev–Trinajstić information content (AvgIpc) is 2.47. The Hall–Kier alpha value is -1.89. The normalized spacial score (nSPS) is 18.3. The van der Waals surface area contributed by atoms with Crippen molar-refractivity contribution in [1.29, 1.82) is 0 Å². The van der Waals surface area contributed by atoms with E-state index in [1.807, 2.05) is 0 Å². The first kappa shape index (κ1) is 15.5. The monoisotopic (exact) mass is 297 g/mol. The summed E-state index contributed by atoms with van der Waals surface area (Å²) in [6, 6.07) is 2.61. The van der Waals surface area contributed by atoms with Crippen LogP contribution in [0.3, 0.4) is 0 Å². The van der Waals surface area contributed by atoms with E-state index in [-0.39, 0.29) is 11.4 Å². The van der Waals surface area contributed by atoms with Crippen LogP contribution in [0.1, 0.15) is 19.3 Å². The van der Waals surface area contributed by atoms with Crippen molar-refractivity contribution in [3.63, 3.8) is 0 Å². The Bertz CT molecular complexity index is 518. The molecule has 0 bridgehead atoms. The van der Waals surface area contributed by atoms with Crippen molar-refractivity contribution < 1.29 is 14.1 Å². The van der Waals surface area contributed by atoms with Gasteiger partial charge in [-0.2, -0.15) is 0 Å². The van der Waals surface area contributed by atoms with E-state index in [0.29, 0.717) is 18.3 Å². The van der Waals surface area contributed by atoms with Gasteiger partial charge in [-0.3, -0.25) is 10.1 Å². The summed E-state index contributed by atoms with van der Waals surface area (Å²) in [6.45, 7) is 1.63. The van der Waals surface area contributed by atoms with Crippen molar-refractivity contribution >= 4 is 11.4 Å². The average molecular weight is 297 g/mol. The highest BCUT2D eigenvalue weighted by molar-refractivity contribution is 5.60. The first-order valence-corrected chi connectivity index (χ1v) is 6.99. The predicted molar refractivity (Wildman–Crippen MR) is 78.5 cm³/mol. The molecular weight excluding hydrogens is 277 g/mol. The molecule has 1 saturated heterocycles. The summed E-state index contributed by atoms with van der Waals surface area (Å²) in [6.07, 6.45) is 3.38. The van der Waals surface area contributed by atoms with Crippen molar-refractivity contribution in [2.45, 2.75) is 25.3 Å². The molecule has 1 atom stereocenters. The lowest BCUT2D eigenvalue weighted by Gasteiger charge is -2.29. The van der Waals surface area contributed by atoms with Crippen molar-refractivity contribution in [2.75, 3.05) is 32.1 Å². The lowest BCUT2D eigenvalue weighted by Crippen LogP contribution is -2.42. The molecule has 0 radical (unpaired) electrons. The maximum atomic E-state index is 14.1. The van der Waals surface area contributed by atoms with Crippen LogP contribution in [0.25, 0.3) is 0 Å². The predicted octanol–water partition coefficient (Wildman–Crippen LogP) is 2.32. The van der Waals surface area contributed by atoms with Gasteiger partial charge in [0.05, 0.1) is 23.8 Å². The van der Waals surface area contributed by atoms with E-state index in [1.165, 1.54) is 19.6 Å². The molecule has 1 fully saturated rings. The number of anilines is 1. The van der Waals surface area contributed by atoms with Gasteiger partial charge < -0.3 is 15.0 Å². The molecule has 0 aliphatic carbocycles. The molecule has 1 N–H and O–H groups in total. The molecule has 0 spiro atoms. The first-order valence-electron chi connectivity index (χ1n) is 6.99. The lowest BCUT2D eigenvalue weighted by molar-refractivity contribution is -0.385. The molecule has 0 aromatic heterocycles. The number of piperidine rings is 1. The Labute approximate surface area is 123 Å². The molecule has 1 aromatic rings. The summed E-state index contributed by atoms with van der Waals surface area (Å²) < 4.78 is 19.1. The van der Waals surface area contributed by atoms with Gasteiger partial charge in [-0.25, -0.2) is 4.39 Å². The van der Waals surface area contributed by atoms with Gasteiger partial charge in [-0.1, -0.05) is 6.42 Å². The Morgan fingerprint density at radius 2 is 2.29 bits per heavy atom. The number of hydrogen-bond acceptors (Lipinski definition) is 5. The fourth-order valence-electron chi connectivity index (χ4n) is 2.64. The summed E-state index contributed by atoms with van der Waals surface area (Å²) in [5, 5.41) is 14.3. The van der Waals surface area contributed by atoms with Gasteiger partial charge in [-0.15, -0.1) is 0 Å². The number of nitro benzene ring substituents is 1. The summed E-state index contributed by atoms with van der Waals surface area (Å²) in [7, 11) is 3.12. The quantitative estimate of drug-likeness (QED) is 0.667. The first-order chi connectivity index (χ1) is 10.0. The Morgan fingerprint density at radius 3 is 2.86 bits per heavy atom. The molecule has 1 heterocycles. The second-order valence-electron chi connectivity index (χ2n) is 5.26. The van der Waals surface area contributed by atoms with Crippen molar-refractivity contribution in [3.05, 3.63) is 28.1 Å². The number of likely N-dealkylation sites (N-methyl/N-ethyl adjacent to an activating group) is 1. The largest absolute Gasteiger partial charge is 0.490 e. The fourth-order valence-corrected chi connectivity index (χ4v) is 2.64. The zero-order chi connectivity index (χ0) is 15.4. The molecule has 1 aliphatic rings. The number of nitrogens with one attached hydrogen (secondary N) is 1. The van der Waals surface area contributed by atoms with Gasteiger partial charge in [-0.05, 0) is 19.4 Å². The third-order valence-corrected chi connectivity index (χ3v) is 3.76. The Balaban J connectivity index is 2.19. The van der Waals surface area contributed by atoms with Gasteiger partial charge in [0.25, 0.3) is 0 Å². The van der Waals surface area contributed by atoms with Crippen molar-refractivity contribution in [1.82, 2.24) is 5.32 Å². The number of methoxy groups -OCH3 is 1. The van der Waals surface area contributed by atoms with E-state index in [0.717, 1.165) is 25.5 Å². The molecule has 0 saturated carbocycles. The summed E-state index contributed by atoms with van der Waals surface area (Å²) in [5.74, 6) is -0.541. The molecule has 7 heteroatoms. The third-order valence-electron chi connectivity index (χ3n) is 3.76. The minimum absolute atomic E-state index is 0.0693. The van der Waals surface area contributed by atoms with Gasteiger partial charge in [0.1, 0.15) is 0 Å². The van der Waals surface area contributed by atoms with Crippen LogP contribution < -0.4 is 15.0 Å². The minimum atomic E-state index is -0.644. The zero-order valence-electron chi connectivity index (χ0n) is 12.3. The second kappa shape index (κ2) is 6.71. The highest BCUT2D eigenvalue weighted by Crippen LogP contribution is 2.33. The highest BCUT2D eigenvalue weighted by Gasteiger charge is 2.22. The number of halogens is 1. The molecule has 1 unspecified atom stereocenters. The summed E-state index contributed by atoms with van der Waals surface area (Å²) >= 11 is 0. The molecule has 21 heavy (non-hydrogen) atoms. The Morgan fingerprint density at radius 1 is 1.52 bits per heavy atom. The summed E-state index contributed by atoms with van der Waals surface area (Å²) in [4.78, 5) is 12.0. The van der Waals surface area contributed by atoms with E-state index in [2.05, 4.69) is 5.32 Å². The number of nitrogens with zero attached hydrogens (tertiary/aromatic N) is 2. The maximum absolute atomic E-state index is 14.1.